The van der Waals surface area contributed by atoms with Gasteiger partial charge in [0, 0.05) is 25.7 Å². The summed E-state index contributed by atoms with van der Waals surface area (Å²) in [5.74, 6) is 0. The highest BCUT2D eigenvalue weighted by Gasteiger charge is 2.19. The largest absolute Gasteiger partial charge is 0.139 e. The molecule has 0 nitrogen and oxygen atoms in total. The topological polar surface area (TPSA) is 0 Å². The van der Waals surface area contributed by atoms with Crippen LogP contribution in [0, 0.1) is 0 Å². The molecule has 6 heteroatoms. The van der Waals surface area contributed by atoms with Crippen molar-refractivity contribution in [2.45, 2.75) is 0 Å². The second-order valence-electron chi connectivity index (χ2n) is 7.95. The Hall–Kier alpha value is -2.32. The van der Waals surface area contributed by atoms with Crippen molar-refractivity contribution in [2.75, 3.05) is 0 Å². The van der Waals surface area contributed by atoms with E-state index in [0.717, 1.165) is 0 Å². The number of hydrogen-bond donors (Lipinski definition) is 0. The molecule has 0 amide bonds. The summed E-state index contributed by atoms with van der Waals surface area (Å²) in [5, 5.41) is 5.42. The fourth-order valence-electron chi connectivity index (χ4n) is 4.65. The van der Waals surface area contributed by atoms with E-state index in [9.17, 15) is 0 Å². The predicted octanol–water partition coefficient (Wildman–Crippen LogP) is -1.83. The summed E-state index contributed by atoms with van der Waals surface area (Å²) in [7, 11) is 11.4. The van der Waals surface area contributed by atoms with E-state index in [2.05, 4.69) is 93.8 Å². The van der Waals surface area contributed by atoms with Gasteiger partial charge in [-0.3, -0.25) is 0 Å². The van der Waals surface area contributed by atoms with E-state index in [1.54, 1.807) is 0 Å². The van der Waals surface area contributed by atoms with Gasteiger partial charge in [-0.2, -0.15) is 0 Å². The monoisotopic (exact) mass is 370 g/mol. The predicted molar refractivity (Wildman–Crippen MR) is 143 cm³/mol. The minimum atomic E-state index is 1.32. The molecule has 0 unspecified atom stereocenters. The molecule has 0 saturated heterocycles. The van der Waals surface area contributed by atoms with E-state index >= 15 is 0 Å². The standard InChI is InChI=1S/C22H19B5S/c23-17-16(18(24)20(26)21(27)19(17)25)15-11-6-2-1-5-10(11)9-13-12-7-3-4-8-14(12)28-22(13)15/h1-9H,23-27H2. The molecule has 28 heavy (non-hydrogen) atoms. The zero-order chi connectivity index (χ0) is 19.6. The molecule has 0 spiro atoms. The number of fused-ring (bicyclic) bond motifs is 4. The first kappa shape index (κ1) is 17.8. The van der Waals surface area contributed by atoms with Crippen molar-refractivity contribution in [3.8, 4) is 11.1 Å². The fraction of sp³-hybridized carbons (Fsp3) is 0. The first-order valence-corrected chi connectivity index (χ1v) is 10.7. The van der Waals surface area contributed by atoms with Crippen LogP contribution in [0.15, 0.2) is 54.6 Å². The summed E-state index contributed by atoms with van der Waals surface area (Å²) in [4.78, 5) is 0. The molecule has 0 aliphatic carbocycles. The van der Waals surface area contributed by atoms with Gasteiger partial charge in [0.1, 0.15) is 39.2 Å². The lowest BCUT2D eigenvalue weighted by Crippen LogP contribution is -2.55. The van der Waals surface area contributed by atoms with Crippen molar-refractivity contribution in [2.24, 2.45) is 0 Å². The lowest BCUT2D eigenvalue weighted by Gasteiger charge is -2.22. The van der Waals surface area contributed by atoms with Gasteiger partial charge in [0.2, 0.25) is 0 Å². The molecule has 0 saturated carbocycles. The highest BCUT2D eigenvalue weighted by molar-refractivity contribution is 7.26. The SMILES string of the molecule is Bc1c(B)c(B)c(-c2c3ccccc3cc3c2sc2ccccc23)c(B)c1B. The Morgan fingerprint density at radius 3 is 1.82 bits per heavy atom. The highest BCUT2D eigenvalue weighted by atomic mass is 32.1. The number of hydrogen-bond acceptors (Lipinski definition) is 1. The molecule has 0 radical (unpaired) electrons. The Kier molecular flexibility index (Phi) is 4.03. The molecule has 5 aromatic rings. The van der Waals surface area contributed by atoms with Gasteiger partial charge in [0.15, 0.2) is 0 Å². The van der Waals surface area contributed by atoms with E-state index in [1.165, 1.54) is 69.4 Å². The van der Waals surface area contributed by atoms with Crippen LogP contribution in [0.1, 0.15) is 0 Å². The van der Waals surface area contributed by atoms with Gasteiger partial charge < -0.3 is 0 Å². The zero-order valence-electron chi connectivity index (χ0n) is 17.1. The lowest BCUT2D eigenvalue weighted by molar-refractivity contribution is 1.80. The maximum Gasteiger partial charge on any atom is 0.139 e. The van der Waals surface area contributed by atoms with E-state index in [1.807, 2.05) is 11.3 Å². The maximum atomic E-state index is 2.38. The molecular formula is C22H19B5S. The Morgan fingerprint density at radius 1 is 0.536 bits per heavy atom. The van der Waals surface area contributed by atoms with Crippen LogP contribution in [0.2, 0.25) is 0 Å². The fourth-order valence-corrected chi connectivity index (χ4v) is 5.89. The van der Waals surface area contributed by atoms with Crippen LogP contribution in [-0.2, 0) is 0 Å². The van der Waals surface area contributed by atoms with Crippen LogP contribution < -0.4 is 27.3 Å². The Bertz CT molecular complexity index is 1390. The van der Waals surface area contributed by atoms with Gasteiger partial charge in [0.25, 0.3) is 0 Å². The molecule has 0 aliphatic rings. The van der Waals surface area contributed by atoms with Gasteiger partial charge >= 0.3 is 0 Å². The van der Waals surface area contributed by atoms with Crippen molar-refractivity contribution < 1.29 is 0 Å². The third kappa shape index (κ3) is 2.37. The third-order valence-corrected chi connectivity index (χ3v) is 7.84. The van der Waals surface area contributed by atoms with E-state index in [-0.39, 0.29) is 0 Å². The molecule has 1 heterocycles. The van der Waals surface area contributed by atoms with Crippen LogP contribution in [-0.4, -0.2) is 39.2 Å². The Balaban J connectivity index is 2.08. The van der Waals surface area contributed by atoms with Crippen LogP contribution in [0.3, 0.4) is 0 Å². The molecule has 0 aliphatic heterocycles. The molecule has 5 rings (SSSR count). The molecule has 128 valence electrons. The molecule has 4 aromatic carbocycles. The summed E-state index contributed by atoms with van der Waals surface area (Å²) in [6, 6.07) is 20.1. The summed E-state index contributed by atoms with van der Waals surface area (Å²) in [5.41, 5.74) is 9.92. The van der Waals surface area contributed by atoms with Gasteiger partial charge in [0.05, 0.1) is 0 Å². The van der Waals surface area contributed by atoms with Gasteiger partial charge in [-0.05, 0) is 28.5 Å². The van der Waals surface area contributed by atoms with Gasteiger partial charge in [-0.15, -0.1) is 27.7 Å². The van der Waals surface area contributed by atoms with E-state index in [4.69, 9.17) is 0 Å². The number of benzene rings is 4. The average molecular weight is 370 g/mol. The quantitative estimate of drug-likeness (QED) is 0.305. The van der Waals surface area contributed by atoms with Crippen molar-refractivity contribution in [3.63, 3.8) is 0 Å². The summed E-state index contributed by atoms with van der Waals surface area (Å²) in [6.45, 7) is 0. The van der Waals surface area contributed by atoms with Crippen LogP contribution in [0.5, 0.6) is 0 Å². The molecule has 0 bridgehead atoms. The number of thiophene rings is 1. The van der Waals surface area contributed by atoms with E-state index < -0.39 is 0 Å². The molecule has 0 fully saturated rings. The second kappa shape index (κ2) is 6.35. The van der Waals surface area contributed by atoms with Crippen molar-refractivity contribution in [3.05, 3.63) is 54.6 Å². The Morgan fingerprint density at radius 2 is 1.11 bits per heavy atom. The summed E-state index contributed by atoms with van der Waals surface area (Å²) >= 11 is 1.93. The summed E-state index contributed by atoms with van der Waals surface area (Å²) < 4.78 is 2.78. The number of rotatable bonds is 1. The molecule has 1 aromatic heterocycles. The second-order valence-corrected chi connectivity index (χ2v) is 9.00. The average Bonchev–Trinajstić information content (AvgIpc) is 3.08. The normalized spacial score (nSPS) is 11.6. The van der Waals surface area contributed by atoms with E-state index in [0.29, 0.717) is 0 Å². The minimum absolute atomic E-state index is 1.32. The molecular weight excluding hydrogens is 350 g/mol. The smallest absolute Gasteiger partial charge is 0.135 e. The summed E-state index contributed by atoms with van der Waals surface area (Å²) in [6.07, 6.45) is 0. The van der Waals surface area contributed by atoms with Gasteiger partial charge in [-0.1, -0.05) is 53.4 Å². The zero-order valence-corrected chi connectivity index (χ0v) is 17.9. The van der Waals surface area contributed by atoms with Gasteiger partial charge in [-0.25, -0.2) is 0 Å². The van der Waals surface area contributed by atoms with Crippen molar-refractivity contribution in [1.29, 1.82) is 0 Å². The van der Waals surface area contributed by atoms with Crippen LogP contribution >= 0.6 is 11.3 Å². The minimum Gasteiger partial charge on any atom is -0.135 e. The maximum absolute atomic E-state index is 2.38. The first-order valence-electron chi connectivity index (χ1n) is 9.89. The van der Waals surface area contributed by atoms with Crippen molar-refractivity contribution in [1.82, 2.24) is 0 Å². The molecule has 0 atom stereocenters. The third-order valence-electron chi connectivity index (χ3n) is 6.64. The Labute approximate surface area is 174 Å². The lowest BCUT2D eigenvalue weighted by atomic mass is 9.59. The highest BCUT2D eigenvalue weighted by Crippen LogP contribution is 2.42. The van der Waals surface area contributed by atoms with Crippen LogP contribution in [0.25, 0.3) is 42.1 Å². The molecule has 0 N–H and O–H groups in total. The van der Waals surface area contributed by atoms with Crippen molar-refractivity contribution >= 4 is 109 Å². The van der Waals surface area contributed by atoms with Crippen LogP contribution in [0.4, 0.5) is 0 Å². The first-order chi connectivity index (χ1) is 13.5.